The lowest BCUT2D eigenvalue weighted by atomic mass is 9.99. The number of ether oxygens (including phenoxy) is 2. The zero-order valence-corrected chi connectivity index (χ0v) is 21.3. The van der Waals surface area contributed by atoms with Gasteiger partial charge in [0.05, 0.1) is 0 Å². The number of aliphatic carboxylic acids is 1. The molecule has 1 saturated carbocycles. The maximum atomic E-state index is 13.4. The number of aliphatic hydroxyl groups is 3. The number of carboxylic acid groups (broad SMARTS) is 1. The van der Waals surface area contributed by atoms with Crippen LogP contribution in [-0.4, -0.2) is 74.1 Å². The number of rotatable bonds is 10. The number of unbranched alkanes of at least 4 members (excludes halogenated alkanes) is 2. The van der Waals surface area contributed by atoms with Gasteiger partial charge in [-0.05, 0) is 36.2 Å². The van der Waals surface area contributed by atoms with E-state index in [9.17, 15) is 24.9 Å². The van der Waals surface area contributed by atoms with Crippen molar-refractivity contribution in [1.29, 1.82) is 0 Å². The second kappa shape index (κ2) is 9.87. The van der Waals surface area contributed by atoms with Crippen molar-refractivity contribution in [3.63, 3.8) is 0 Å². The first-order valence-electron chi connectivity index (χ1n) is 12.6. The highest BCUT2D eigenvalue weighted by Gasteiger charge is 2.68. The number of para-hydroxylation sites is 1. The first-order chi connectivity index (χ1) is 16.9. The van der Waals surface area contributed by atoms with E-state index < -0.39 is 36.7 Å². The zero-order valence-electron chi connectivity index (χ0n) is 21.3. The van der Waals surface area contributed by atoms with Gasteiger partial charge in [-0.25, -0.2) is 4.79 Å². The van der Waals surface area contributed by atoms with Crippen LogP contribution in [0.1, 0.15) is 57.3 Å². The Balaban J connectivity index is 1.31. The largest absolute Gasteiger partial charge is 0.479 e. The number of carboxylic acids is 1. The average molecular weight is 504 g/mol. The van der Waals surface area contributed by atoms with Crippen LogP contribution in [-0.2, 0) is 20.8 Å². The van der Waals surface area contributed by atoms with E-state index in [0.29, 0.717) is 6.42 Å². The molecular weight excluding hydrogens is 466 g/mol. The number of aryl methyl sites for hydroxylation is 1. The van der Waals surface area contributed by atoms with E-state index in [1.165, 1.54) is 0 Å². The number of carbonyl (C=O) groups is 2. The quantitative estimate of drug-likeness (QED) is 0.287. The number of hydrogen-bond acceptors (Lipinski definition) is 7. The second-order valence-electron chi connectivity index (χ2n) is 11.2. The number of carbonyl (C=O) groups excluding carboxylic acids is 1. The molecule has 36 heavy (non-hydrogen) atoms. The Morgan fingerprint density at radius 2 is 1.64 bits per heavy atom. The van der Waals surface area contributed by atoms with Crippen molar-refractivity contribution < 1.29 is 39.5 Å². The Morgan fingerprint density at radius 1 is 0.972 bits per heavy atom. The van der Waals surface area contributed by atoms with Crippen LogP contribution in [0.3, 0.4) is 0 Å². The van der Waals surface area contributed by atoms with Gasteiger partial charge in [-0.1, -0.05) is 45.9 Å². The van der Waals surface area contributed by atoms with E-state index in [4.69, 9.17) is 14.6 Å². The van der Waals surface area contributed by atoms with Gasteiger partial charge in [-0.2, -0.15) is 0 Å². The summed E-state index contributed by atoms with van der Waals surface area (Å²) in [6, 6.07) is 7.95. The Morgan fingerprint density at radius 3 is 2.28 bits per heavy atom. The van der Waals surface area contributed by atoms with Crippen LogP contribution in [0, 0.1) is 16.7 Å². The average Bonchev–Trinajstić information content (AvgIpc) is 3.07. The van der Waals surface area contributed by atoms with E-state index in [0.717, 1.165) is 35.9 Å². The van der Waals surface area contributed by atoms with Crippen molar-refractivity contribution in [2.24, 2.45) is 16.7 Å². The fourth-order valence-electron chi connectivity index (χ4n) is 5.59. The summed E-state index contributed by atoms with van der Waals surface area (Å²) in [6.07, 6.45) is -3.74. The molecule has 9 heteroatoms. The summed E-state index contributed by atoms with van der Waals surface area (Å²) in [6.45, 7) is 9.52. The number of benzene rings is 1. The van der Waals surface area contributed by atoms with Crippen molar-refractivity contribution in [3.8, 4) is 0 Å². The molecule has 0 amide bonds. The van der Waals surface area contributed by atoms with Crippen LogP contribution in [0.4, 0.5) is 0 Å². The van der Waals surface area contributed by atoms with E-state index >= 15 is 0 Å². The smallest absolute Gasteiger partial charge is 0.335 e. The first kappa shape index (κ1) is 26.8. The monoisotopic (exact) mass is 503 g/mol. The highest BCUT2D eigenvalue weighted by Crippen LogP contribution is 2.69. The third kappa shape index (κ3) is 4.59. The van der Waals surface area contributed by atoms with Gasteiger partial charge in [0, 0.05) is 41.7 Å². The fraction of sp³-hybridized carbons (Fsp3) is 0.630. The van der Waals surface area contributed by atoms with E-state index in [2.05, 4.69) is 32.3 Å². The molecule has 1 aromatic carbocycles. The summed E-state index contributed by atoms with van der Waals surface area (Å²) >= 11 is 0. The number of nitrogens with zero attached hydrogens (tertiary/aromatic N) is 1. The van der Waals surface area contributed by atoms with Gasteiger partial charge in [0.2, 0.25) is 0 Å². The molecule has 0 bridgehead atoms. The molecule has 2 heterocycles. The summed E-state index contributed by atoms with van der Waals surface area (Å²) in [5, 5.41) is 39.7. The predicted octanol–water partition coefficient (Wildman–Crippen LogP) is 2.59. The van der Waals surface area contributed by atoms with Gasteiger partial charge in [0.1, 0.15) is 18.3 Å². The minimum absolute atomic E-state index is 0.000817. The summed E-state index contributed by atoms with van der Waals surface area (Å²) in [5.74, 6) is -1.24. The van der Waals surface area contributed by atoms with Crippen molar-refractivity contribution in [2.75, 3.05) is 6.61 Å². The Hall–Kier alpha value is -2.30. The van der Waals surface area contributed by atoms with Crippen molar-refractivity contribution in [2.45, 2.75) is 84.2 Å². The lowest BCUT2D eigenvalue weighted by molar-refractivity contribution is -0.294. The number of ketones is 1. The lowest BCUT2D eigenvalue weighted by Crippen LogP contribution is -2.60. The van der Waals surface area contributed by atoms with Crippen LogP contribution in [0.2, 0.25) is 0 Å². The Labute approximate surface area is 210 Å². The second-order valence-corrected chi connectivity index (χ2v) is 11.2. The molecule has 1 aromatic heterocycles. The summed E-state index contributed by atoms with van der Waals surface area (Å²) in [7, 11) is 0. The van der Waals surface area contributed by atoms with Crippen molar-refractivity contribution in [1.82, 2.24) is 4.57 Å². The number of aromatic nitrogens is 1. The summed E-state index contributed by atoms with van der Waals surface area (Å²) in [5.41, 5.74) is 1.75. The minimum Gasteiger partial charge on any atom is -0.479 e. The van der Waals surface area contributed by atoms with E-state index in [1.54, 1.807) is 0 Å². The number of fused-ring (bicyclic) bond motifs is 1. The summed E-state index contributed by atoms with van der Waals surface area (Å²) < 4.78 is 12.7. The molecule has 4 rings (SSSR count). The topological polar surface area (TPSA) is 138 Å². The molecule has 2 aliphatic rings. The predicted molar refractivity (Wildman–Crippen MR) is 131 cm³/mol. The van der Waals surface area contributed by atoms with Crippen molar-refractivity contribution in [3.05, 3.63) is 36.0 Å². The Bertz CT molecular complexity index is 1110. The molecule has 1 aliphatic heterocycles. The van der Waals surface area contributed by atoms with Gasteiger partial charge in [0.15, 0.2) is 18.2 Å². The lowest BCUT2D eigenvalue weighted by Gasteiger charge is -2.38. The molecule has 2 fully saturated rings. The minimum atomic E-state index is -1.73. The van der Waals surface area contributed by atoms with Crippen LogP contribution in [0.15, 0.2) is 30.5 Å². The third-order valence-electron chi connectivity index (χ3n) is 8.48. The third-order valence-corrected chi connectivity index (χ3v) is 8.48. The number of Topliss-reactive ketones (excluding diaryl/α,β-unsaturated/α-hetero) is 1. The molecule has 5 atom stereocenters. The number of aliphatic hydroxyl groups excluding tert-OH is 3. The number of hydrogen-bond donors (Lipinski definition) is 4. The summed E-state index contributed by atoms with van der Waals surface area (Å²) in [4.78, 5) is 24.6. The van der Waals surface area contributed by atoms with Gasteiger partial charge in [-0.3, -0.25) is 4.79 Å². The molecule has 4 N–H and O–H groups in total. The van der Waals surface area contributed by atoms with Crippen LogP contribution in [0.5, 0.6) is 0 Å². The zero-order chi connectivity index (χ0) is 26.4. The molecule has 1 unspecified atom stereocenters. The maximum absolute atomic E-state index is 13.4. The molecule has 1 saturated heterocycles. The van der Waals surface area contributed by atoms with Gasteiger partial charge < -0.3 is 34.5 Å². The molecule has 0 radical (unpaired) electrons. The molecule has 1 aliphatic carbocycles. The highest BCUT2D eigenvalue weighted by molar-refractivity contribution is 6.11. The van der Waals surface area contributed by atoms with E-state index in [1.807, 2.05) is 30.5 Å². The van der Waals surface area contributed by atoms with Gasteiger partial charge in [0.25, 0.3) is 0 Å². The van der Waals surface area contributed by atoms with Gasteiger partial charge in [-0.15, -0.1) is 0 Å². The van der Waals surface area contributed by atoms with Crippen LogP contribution in [0.25, 0.3) is 10.9 Å². The first-order valence-corrected chi connectivity index (χ1v) is 12.6. The molecular formula is C27H37NO8. The SMILES string of the molecule is CC1(C)C(C(=O)c2cn(CCCCCO[C@@H]3OC(C(=O)O)[C@@H](O)[C@H](O)[C@H]3O)c3ccccc23)C1(C)C. The van der Waals surface area contributed by atoms with Crippen molar-refractivity contribution >= 4 is 22.7 Å². The molecule has 198 valence electrons. The van der Waals surface area contributed by atoms with E-state index in [-0.39, 0.29) is 29.1 Å². The molecule has 9 nitrogen and oxygen atoms in total. The molecule has 0 spiro atoms. The normalized spacial score (nSPS) is 29.4. The standard InChI is InChI=1S/C27H37NO8/c1-26(2)23(27(26,3)4)18(29)16-14-28(17-11-7-6-10-15(16)17)12-8-5-9-13-35-25-21(32)19(30)20(31)22(36-25)24(33)34/h6-7,10-11,14,19-23,25,30-32H,5,8-9,12-13H2,1-4H3,(H,33,34)/t19-,20-,21+,22?,25+/m0/s1. The maximum Gasteiger partial charge on any atom is 0.335 e. The Kier molecular flexibility index (Phi) is 7.34. The highest BCUT2D eigenvalue weighted by atomic mass is 16.7. The van der Waals surface area contributed by atoms with Crippen LogP contribution >= 0.6 is 0 Å². The molecule has 2 aromatic rings. The van der Waals surface area contributed by atoms with Gasteiger partial charge >= 0.3 is 5.97 Å². The fourth-order valence-corrected chi connectivity index (χ4v) is 5.59. The van der Waals surface area contributed by atoms with Crippen LogP contribution < -0.4 is 0 Å².